The number of benzene rings is 1. The molecule has 1 aromatic carbocycles. The summed E-state index contributed by atoms with van der Waals surface area (Å²) in [5.41, 5.74) is 0.748. The molecule has 0 unspecified atom stereocenters. The predicted molar refractivity (Wildman–Crippen MR) is 97.7 cm³/mol. The number of furan rings is 1. The Morgan fingerprint density at radius 3 is 2.71 bits per heavy atom. The van der Waals surface area contributed by atoms with Gasteiger partial charge in [0.05, 0.1) is 5.75 Å². The van der Waals surface area contributed by atoms with E-state index in [1.54, 1.807) is 35.8 Å². The minimum Gasteiger partial charge on any atom is -0.455 e. The maximum Gasteiger partial charge on any atom is 0.291 e. The van der Waals surface area contributed by atoms with E-state index in [-0.39, 0.29) is 5.91 Å². The second-order valence-electron chi connectivity index (χ2n) is 5.06. The van der Waals surface area contributed by atoms with Crippen molar-refractivity contribution in [2.75, 3.05) is 11.6 Å². The summed E-state index contributed by atoms with van der Waals surface area (Å²) < 4.78 is 7.57. The highest BCUT2D eigenvalue weighted by atomic mass is 32.2. The van der Waals surface area contributed by atoms with Crippen molar-refractivity contribution in [1.82, 2.24) is 9.55 Å². The van der Waals surface area contributed by atoms with Gasteiger partial charge in [-0.05, 0) is 42.7 Å². The van der Waals surface area contributed by atoms with E-state index in [9.17, 15) is 4.79 Å². The minimum absolute atomic E-state index is 0.250. The summed E-state index contributed by atoms with van der Waals surface area (Å²) in [6.45, 7) is 0. The van der Waals surface area contributed by atoms with Crippen LogP contribution in [0.25, 0.3) is 0 Å². The van der Waals surface area contributed by atoms with Gasteiger partial charge in [-0.2, -0.15) is 0 Å². The molecular weight excluding hydrogens is 342 g/mol. The maximum absolute atomic E-state index is 12.2. The van der Waals surface area contributed by atoms with Crippen molar-refractivity contribution in [1.29, 1.82) is 0 Å². The number of carbonyl (C=O) groups is 1. The van der Waals surface area contributed by atoms with Crippen LogP contribution in [-0.4, -0.2) is 21.7 Å². The van der Waals surface area contributed by atoms with Crippen molar-refractivity contribution in [2.24, 2.45) is 7.05 Å². The fraction of sp³-hybridized carbons (Fsp3) is 0.176. The van der Waals surface area contributed by atoms with E-state index in [4.69, 9.17) is 4.42 Å². The molecule has 0 atom stereocenters. The van der Waals surface area contributed by atoms with Crippen LogP contribution in [0.4, 0.5) is 5.69 Å². The van der Waals surface area contributed by atoms with Crippen LogP contribution in [0.1, 0.15) is 16.3 Å². The minimum atomic E-state index is -0.250. The molecule has 0 fully saturated rings. The number of nitrogens with one attached hydrogen (secondary N) is 1. The average Bonchev–Trinajstić information content (AvgIpc) is 3.22. The van der Waals surface area contributed by atoms with Crippen LogP contribution in [0.15, 0.2) is 63.3 Å². The predicted octanol–water partition coefficient (Wildman–Crippen LogP) is 4.28. The number of aromatic nitrogens is 2. The van der Waals surface area contributed by atoms with E-state index in [1.807, 2.05) is 54.4 Å². The number of imidazole rings is 1. The lowest BCUT2D eigenvalue weighted by Gasteiger charge is -2.04. The molecule has 0 saturated carbocycles. The molecule has 3 rings (SSSR count). The molecule has 2 aromatic heterocycles. The van der Waals surface area contributed by atoms with Crippen LogP contribution in [-0.2, 0) is 12.8 Å². The molecule has 7 heteroatoms. The third-order valence-corrected chi connectivity index (χ3v) is 5.18. The van der Waals surface area contributed by atoms with Gasteiger partial charge in [-0.3, -0.25) is 4.79 Å². The summed E-state index contributed by atoms with van der Waals surface area (Å²) in [7, 11) is 1.94. The molecule has 0 aliphatic rings. The standard InChI is InChI=1S/C17H17N3O2S2/c1-20-10-9-18-17(20)24-11-13-5-8-15(22-13)16(21)19-12-3-6-14(23-2)7-4-12/h3-10H,11H2,1-2H3,(H,19,21). The molecule has 0 aliphatic carbocycles. The molecule has 2 heterocycles. The Balaban J connectivity index is 1.59. The van der Waals surface area contributed by atoms with E-state index in [2.05, 4.69) is 10.3 Å². The first-order valence-electron chi connectivity index (χ1n) is 7.30. The first-order valence-corrected chi connectivity index (χ1v) is 9.51. The number of rotatable bonds is 6. The van der Waals surface area contributed by atoms with Crippen molar-refractivity contribution in [3.63, 3.8) is 0 Å². The third-order valence-electron chi connectivity index (χ3n) is 3.35. The molecule has 0 radical (unpaired) electrons. The lowest BCUT2D eigenvalue weighted by Crippen LogP contribution is -2.10. The molecule has 3 aromatic rings. The first kappa shape index (κ1) is 16.7. The number of amides is 1. The number of carbonyl (C=O) groups excluding carboxylic acids is 1. The Hall–Kier alpha value is -2.12. The van der Waals surface area contributed by atoms with Gasteiger partial charge in [0.1, 0.15) is 5.76 Å². The van der Waals surface area contributed by atoms with Crippen LogP contribution in [0.2, 0.25) is 0 Å². The van der Waals surface area contributed by atoms with Crippen molar-refractivity contribution in [2.45, 2.75) is 15.8 Å². The summed E-state index contributed by atoms with van der Waals surface area (Å²) in [5.74, 6) is 1.42. The van der Waals surface area contributed by atoms with E-state index in [0.29, 0.717) is 11.5 Å². The van der Waals surface area contributed by atoms with Crippen LogP contribution in [0.5, 0.6) is 0 Å². The number of hydrogen-bond acceptors (Lipinski definition) is 5. The van der Waals surface area contributed by atoms with Gasteiger partial charge in [-0.1, -0.05) is 11.8 Å². The SMILES string of the molecule is CSc1ccc(NC(=O)c2ccc(CSc3nccn3C)o2)cc1. The zero-order chi connectivity index (χ0) is 16.9. The van der Waals surface area contributed by atoms with E-state index in [0.717, 1.165) is 21.5 Å². The molecule has 124 valence electrons. The smallest absolute Gasteiger partial charge is 0.291 e. The maximum atomic E-state index is 12.2. The largest absolute Gasteiger partial charge is 0.455 e. The quantitative estimate of drug-likeness (QED) is 0.666. The molecule has 5 nitrogen and oxygen atoms in total. The molecule has 1 amide bonds. The lowest BCUT2D eigenvalue weighted by atomic mass is 10.3. The highest BCUT2D eigenvalue weighted by Crippen LogP contribution is 2.23. The summed E-state index contributed by atoms with van der Waals surface area (Å²) in [5, 5.41) is 3.75. The van der Waals surface area contributed by atoms with Crippen molar-refractivity contribution in [3.05, 3.63) is 60.3 Å². The van der Waals surface area contributed by atoms with Crippen LogP contribution in [0.3, 0.4) is 0 Å². The summed E-state index contributed by atoms with van der Waals surface area (Å²) >= 11 is 3.22. The van der Waals surface area contributed by atoms with E-state index < -0.39 is 0 Å². The molecule has 24 heavy (non-hydrogen) atoms. The number of thioether (sulfide) groups is 2. The van der Waals surface area contributed by atoms with Gasteiger partial charge in [-0.15, -0.1) is 11.8 Å². The highest BCUT2D eigenvalue weighted by molar-refractivity contribution is 7.98. The molecule has 0 saturated heterocycles. The number of hydrogen-bond donors (Lipinski definition) is 1. The molecule has 0 aliphatic heterocycles. The van der Waals surface area contributed by atoms with Gasteiger partial charge >= 0.3 is 0 Å². The Morgan fingerprint density at radius 2 is 2.04 bits per heavy atom. The Bertz CT molecular complexity index is 824. The van der Waals surface area contributed by atoms with Gasteiger partial charge in [0.25, 0.3) is 5.91 Å². The topological polar surface area (TPSA) is 60.1 Å². The normalized spacial score (nSPS) is 10.8. The van der Waals surface area contributed by atoms with Gasteiger partial charge < -0.3 is 14.3 Å². The Kier molecular flexibility index (Phi) is 5.32. The van der Waals surface area contributed by atoms with Gasteiger partial charge in [-0.25, -0.2) is 4.98 Å². The van der Waals surface area contributed by atoms with Crippen LogP contribution in [0, 0.1) is 0 Å². The van der Waals surface area contributed by atoms with Crippen molar-refractivity contribution in [3.8, 4) is 0 Å². The summed E-state index contributed by atoms with van der Waals surface area (Å²) in [6.07, 6.45) is 5.66. The van der Waals surface area contributed by atoms with Crippen molar-refractivity contribution >= 4 is 35.1 Å². The molecular formula is C17H17N3O2S2. The fourth-order valence-corrected chi connectivity index (χ4v) is 3.31. The molecule has 0 spiro atoms. The zero-order valence-electron chi connectivity index (χ0n) is 13.4. The molecule has 1 N–H and O–H groups in total. The van der Waals surface area contributed by atoms with Gasteiger partial charge in [0.2, 0.25) is 0 Å². The Morgan fingerprint density at radius 1 is 1.25 bits per heavy atom. The van der Waals surface area contributed by atoms with Gasteiger partial charge in [0, 0.05) is 30.0 Å². The fourth-order valence-electron chi connectivity index (χ4n) is 2.07. The zero-order valence-corrected chi connectivity index (χ0v) is 15.0. The Labute approximate surface area is 148 Å². The van der Waals surface area contributed by atoms with Crippen LogP contribution >= 0.6 is 23.5 Å². The monoisotopic (exact) mass is 359 g/mol. The lowest BCUT2D eigenvalue weighted by molar-refractivity contribution is 0.0995. The number of aryl methyl sites for hydroxylation is 1. The average molecular weight is 359 g/mol. The first-order chi connectivity index (χ1) is 11.7. The van der Waals surface area contributed by atoms with E-state index in [1.165, 1.54) is 0 Å². The van der Waals surface area contributed by atoms with Gasteiger partial charge in [0.15, 0.2) is 10.9 Å². The second-order valence-corrected chi connectivity index (χ2v) is 6.88. The van der Waals surface area contributed by atoms with Crippen molar-refractivity contribution < 1.29 is 9.21 Å². The highest BCUT2D eigenvalue weighted by Gasteiger charge is 2.12. The summed E-state index contributed by atoms with van der Waals surface area (Å²) in [4.78, 5) is 17.6. The number of anilines is 1. The molecule has 0 bridgehead atoms. The third kappa shape index (κ3) is 4.04. The summed E-state index contributed by atoms with van der Waals surface area (Å²) in [6, 6.07) is 11.2. The second kappa shape index (κ2) is 7.63. The van der Waals surface area contributed by atoms with E-state index >= 15 is 0 Å². The number of nitrogens with zero attached hydrogens (tertiary/aromatic N) is 2. The van der Waals surface area contributed by atoms with Crippen LogP contribution < -0.4 is 5.32 Å².